The summed E-state index contributed by atoms with van der Waals surface area (Å²) in [5, 5.41) is 0. The first-order valence-corrected chi connectivity index (χ1v) is 9.60. The van der Waals surface area contributed by atoms with E-state index in [4.69, 9.17) is 5.73 Å². The second-order valence-corrected chi connectivity index (χ2v) is 8.17. The number of sulfonamides is 1. The molecule has 2 N–H and O–H groups in total. The number of likely N-dealkylation sites (tertiary alicyclic amines) is 1. The Balaban J connectivity index is 0.00000242. The molecule has 0 spiro atoms. The molecule has 130 valence electrons. The molecule has 2 rings (SSSR count). The third kappa shape index (κ3) is 4.57. The van der Waals surface area contributed by atoms with E-state index in [1.807, 2.05) is 6.92 Å². The summed E-state index contributed by atoms with van der Waals surface area (Å²) >= 11 is 0. The minimum atomic E-state index is -3.33. The molecule has 2 aliphatic rings. The number of amides is 1. The molecule has 0 aromatic carbocycles. The fraction of sp³-hybridized carbons (Fsp3) is 0.929. The third-order valence-electron chi connectivity index (χ3n) is 4.33. The van der Waals surface area contributed by atoms with Gasteiger partial charge in [0.25, 0.3) is 0 Å². The average molecular weight is 354 g/mol. The van der Waals surface area contributed by atoms with Crippen LogP contribution in [-0.4, -0.2) is 61.0 Å². The topological polar surface area (TPSA) is 83.7 Å². The van der Waals surface area contributed by atoms with Crippen LogP contribution in [0.5, 0.6) is 0 Å². The molecule has 1 amide bonds. The van der Waals surface area contributed by atoms with E-state index in [9.17, 15) is 13.2 Å². The molecule has 2 heterocycles. The van der Waals surface area contributed by atoms with Crippen LogP contribution >= 0.6 is 12.4 Å². The highest BCUT2D eigenvalue weighted by Crippen LogP contribution is 2.24. The number of hydrogen-bond acceptors (Lipinski definition) is 4. The van der Waals surface area contributed by atoms with Gasteiger partial charge in [-0.2, -0.15) is 4.31 Å². The highest BCUT2D eigenvalue weighted by Gasteiger charge is 2.38. The molecule has 8 heteroatoms. The molecule has 0 bridgehead atoms. The number of rotatable bonds is 4. The Kier molecular flexibility index (Phi) is 7.58. The summed E-state index contributed by atoms with van der Waals surface area (Å²) in [6.45, 7) is 3.57. The van der Waals surface area contributed by atoms with Crippen molar-refractivity contribution in [3.8, 4) is 0 Å². The highest BCUT2D eigenvalue weighted by atomic mass is 35.5. The Morgan fingerprint density at radius 2 is 1.91 bits per heavy atom. The molecule has 0 saturated carbocycles. The number of carbonyl (C=O) groups is 1. The lowest BCUT2D eigenvalue weighted by atomic mass is 10.0. The molecular weight excluding hydrogens is 326 g/mol. The van der Waals surface area contributed by atoms with Crippen LogP contribution in [0.25, 0.3) is 0 Å². The summed E-state index contributed by atoms with van der Waals surface area (Å²) in [6, 6.07) is -0.493. The maximum atomic E-state index is 12.7. The first kappa shape index (κ1) is 19.7. The van der Waals surface area contributed by atoms with Gasteiger partial charge in [0, 0.05) is 25.7 Å². The zero-order valence-corrected chi connectivity index (χ0v) is 14.9. The number of piperidine rings is 2. The predicted molar refractivity (Wildman–Crippen MR) is 89.5 cm³/mol. The number of hydrogen-bond donors (Lipinski definition) is 1. The zero-order valence-electron chi connectivity index (χ0n) is 13.2. The molecule has 0 aliphatic carbocycles. The van der Waals surface area contributed by atoms with E-state index in [-0.39, 0.29) is 30.1 Å². The Morgan fingerprint density at radius 1 is 1.18 bits per heavy atom. The molecule has 2 saturated heterocycles. The monoisotopic (exact) mass is 353 g/mol. The van der Waals surface area contributed by atoms with E-state index < -0.39 is 16.1 Å². The van der Waals surface area contributed by atoms with Crippen molar-refractivity contribution in [1.29, 1.82) is 0 Å². The van der Waals surface area contributed by atoms with Gasteiger partial charge in [0.05, 0.1) is 5.75 Å². The van der Waals surface area contributed by atoms with E-state index in [2.05, 4.69) is 0 Å². The second-order valence-electron chi connectivity index (χ2n) is 6.12. The summed E-state index contributed by atoms with van der Waals surface area (Å²) in [5.74, 6) is 0.0700. The van der Waals surface area contributed by atoms with Gasteiger partial charge in [-0.25, -0.2) is 8.42 Å². The normalized spacial score (nSPS) is 27.3. The minimum absolute atomic E-state index is 0. The lowest BCUT2D eigenvalue weighted by Crippen LogP contribution is -2.56. The highest BCUT2D eigenvalue weighted by molar-refractivity contribution is 7.89. The van der Waals surface area contributed by atoms with Gasteiger partial charge in [0.15, 0.2) is 0 Å². The molecule has 22 heavy (non-hydrogen) atoms. The quantitative estimate of drug-likeness (QED) is 0.815. The van der Waals surface area contributed by atoms with Crippen molar-refractivity contribution < 1.29 is 13.2 Å². The van der Waals surface area contributed by atoms with Crippen molar-refractivity contribution in [2.45, 2.75) is 57.5 Å². The van der Waals surface area contributed by atoms with E-state index >= 15 is 0 Å². The Morgan fingerprint density at radius 3 is 2.55 bits per heavy atom. The van der Waals surface area contributed by atoms with Crippen LogP contribution in [0.15, 0.2) is 0 Å². The molecule has 0 aromatic rings. The smallest absolute Gasteiger partial charge is 0.241 e. The van der Waals surface area contributed by atoms with Crippen LogP contribution in [-0.2, 0) is 14.8 Å². The lowest BCUT2D eigenvalue weighted by molar-refractivity contribution is -0.137. The van der Waals surface area contributed by atoms with Gasteiger partial charge in [-0.05, 0) is 32.1 Å². The van der Waals surface area contributed by atoms with Gasteiger partial charge in [-0.15, -0.1) is 12.4 Å². The predicted octanol–water partition coefficient (Wildman–Crippen LogP) is 0.952. The molecule has 2 atom stereocenters. The van der Waals surface area contributed by atoms with Gasteiger partial charge in [-0.1, -0.05) is 13.3 Å². The third-order valence-corrected chi connectivity index (χ3v) is 6.40. The summed E-state index contributed by atoms with van der Waals surface area (Å²) in [6.07, 6.45) is 4.80. The summed E-state index contributed by atoms with van der Waals surface area (Å²) in [7, 11) is -3.33. The van der Waals surface area contributed by atoms with E-state index in [0.29, 0.717) is 32.5 Å². The van der Waals surface area contributed by atoms with Crippen molar-refractivity contribution in [2.75, 3.05) is 25.4 Å². The molecular formula is C14H28ClN3O3S. The lowest BCUT2D eigenvalue weighted by Gasteiger charge is -2.39. The van der Waals surface area contributed by atoms with Crippen LogP contribution in [0.2, 0.25) is 0 Å². The maximum Gasteiger partial charge on any atom is 0.241 e. The van der Waals surface area contributed by atoms with Gasteiger partial charge in [0.2, 0.25) is 15.9 Å². The van der Waals surface area contributed by atoms with Gasteiger partial charge in [0.1, 0.15) is 6.04 Å². The minimum Gasteiger partial charge on any atom is -0.340 e. The van der Waals surface area contributed by atoms with Crippen LogP contribution in [0.1, 0.15) is 45.4 Å². The summed E-state index contributed by atoms with van der Waals surface area (Å²) < 4.78 is 26.2. The summed E-state index contributed by atoms with van der Waals surface area (Å²) in [4.78, 5) is 14.5. The van der Waals surface area contributed by atoms with E-state index in [0.717, 1.165) is 25.7 Å². The van der Waals surface area contributed by atoms with Crippen molar-refractivity contribution in [1.82, 2.24) is 9.21 Å². The zero-order chi connectivity index (χ0) is 15.5. The van der Waals surface area contributed by atoms with Crippen molar-refractivity contribution in [3.63, 3.8) is 0 Å². The molecule has 2 unspecified atom stereocenters. The van der Waals surface area contributed by atoms with Crippen LogP contribution in [0.3, 0.4) is 0 Å². The van der Waals surface area contributed by atoms with Crippen molar-refractivity contribution in [3.05, 3.63) is 0 Å². The fourth-order valence-electron chi connectivity index (χ4n) is 3.28. The van der Waals surface area contributed by atoms with Gasteiger partial charge in [-0.3, -0.25) is 4.79 Å². The fourth-order valence-corrected chi connectivity index (χ4v) is 5.02. The molecule has 2 aliphatic heterocycles. The Hall–Kier alpha value is -0.370. The Bertz CT molecular complexity index is 472. The number of nitrogens with zero attached hydrogens (tertiary/aromatic N) is 2. The first-order chi connectivity index (χ1) is 9.95. The SMILES string of the molecule is CCCS(=O)(=O)N1CCCCC1C(=O)N1CCCC(N)C1.Cl. The molecule has 0 aromatic heterocycles. The second kappa shape index (κ2) is 8.47. The standard InChI is InChI=1S/C14H27N3O3S.ClH/c1-2-10-21(19,20)17-9-4-3-7-13(17)14(18)16-8-5-6-12(15)11-16;/h12-13H,2-11,15H2,1H3;1H. The summed E-state index contributed by atoms with van der Waals surface area (Å²) in [5.41, 5.74) is 5.93. The number of halogens is 1. The average Bonchev–Trinajstić information content (AvgIpc) is 2.46. The van der Waals surface area contributed by atoms with Crippen LogP contribution < -0.4 is 5.73 Å². The molecule has 6 nitrogen and oxygen atoms in total. The van der Waals surface area contributed by atoms with E-state index in [1.54, 1.807) is 4.90 Å². The van der Waals surface area contributed by atoms with Gasteiger partial charge >= 0.3 is 0 Å². The van der Waals surface area contributed by atoms with E-state index in [1.165, 1.54) is 4.31 Å². The number of carbonyl (C=O) groups excluding carboxylic acids is 1. The maximum absolute atomic E-state index is 12.7. The molecule has 0 radical (unpaired) electrons. The number of nitrogens with two attached hydrogens (primary N) is 1. The van der Waals surface area contributed by atoms with Crippen LogP contribution in [0, 0.1) is 0 Å². The Labute approximate surface area is 139 Å². The first-order valence-electron chi connectivity index (χ1n) is 7.99. The largest absolute Gasteiger partial charge is 0.340 e. The van der Waals surface area contributed by atoms with Crippen LogP contribution in [0.4, 0.5) is 0 Å². The van der Waals surface area contributed by atoms with Crippen molar-refractivity contribution in [2.24, 2.45) is 5.73 Å². The molecule has 2 fully saturated rings. The van der Waals surface area contributed by atoms with Crippen molar-refractivity contribution >= 4 is 28.3 Å². The van der Waals surface area contributed by atoms with Gasteiger partial charge < -0.3 is 10.6 Å².